The summed E-state index contributed by atoms with van der Waals surface area (Å²) in [5.41, 5.74) is 2.23. The van der Waals surface area contributed by atoms with Crippen molar-refractivity contribution in [2.45, 2.75) is 44.7 Å². The van der Waals surface area contributed by atoms with Crippen LogP contribution in [0.4, 0.5) is 0 Å². The Labute approximate surface area is 141 Å². The zero-order chi connectivity index (χ0) is 15.4. The highest BCUT2D eigenvalue weighted by atomic mass is 15.3. The van der Waals surface area contributed by atoms with E-state index < -0.39 is 0 Å². The van der Waals surface area contributed by atoms with Gasteiger partial charge in [0.25, 0.3) is 0 Å². The monoisotopic (exact) mass is 313 g/mol. The average molecular weight is 313 g/mol. The summed E-state index contributed by atoms with van der Waals surface area (Å²) in [5, 5.41) is 0. The van der Waals surface area contributed by atoms with E-state index in [0.29, 0.717) is 11.5 Å². The first kappa shape index (κ1) is 14.7. The molecule has 0 aromatic carbocycles. The van der Waals surface area contributed by atoms with Gasteiger partial charge in [0, 0.05) is 50.2 Å². The van der Waals surface area contributed by atoms with E-state index in [0.717, 1.165) is 12.0 Å². The number of hydrogen-bond donors (Lipinski definition) is 0. The van der Waals surface area contributed by atoms with Crippen molar-refractivity contribution < 1.29 is 0 Å². The van der Waals surface area contributed by atoms with Gasteiger partial charge in [0.2, 0.25) is 0 Å². The topological polar surface area (TPSA) is 9.72 Å². The molecule has 0 aromatic heterocycles. The summed E-state index contributed by atoms with van der Waals surface area (Å²) in [6, 6.07) is 1.51. The van der Waals surface area contributed by atoms with Gasteiger partial charge in [-0.25, -0.2) is 0 Å². The molecule has 0 radical (unpaired) electrons. The van der Waals surface area contributed by atoms with E-state index in [4.69, 9.17) is 0 Å². The first-order valence-electron chi connectivity index (χ1n) is 9.88. The lowest BCUT2D eigenvalue weighted by Crippen LogP contribution is -2.53. The normalized spacial score (nSPS) is 44.2. The van der Waals surface area contributed by atoms with E-state index >= 15 is 0 Å². The zero-order valence-corrected chi connectivity index (χ0v) is 14.6. The van der Waals surface area contributed by atoms with E-state index in [1.165, 1.54) is 71.5 Å². The van der Waals surface area contributed by atoms with Crippen molar-refractivity contribution >= 4 is 0 Å². The van der Waals surface area contributed by atoms with Crippen LogP contribution >= 0.6 is 0 Å². The van der Waals surface area contributed by atoms with Gasteiger partial charge in [0.15, 0.2) is 0 Å². The molecule has 3 aliphatic heterocycles. The van der Waals surface area contributed by atoms with E-state index in [9.17, 15) is 0 Å². The Morgan fingerprint density at radius 2 is 2.09 bits per heavy atom. The van der Waals surface area contributed by atoms with Crippen molar-refractivity contribution in [3.05, 3.63) is 23.8 Å². The van der Waals surface area contributed by atoms with Crippen LogP contribution in [0.5, 0.6) is 0 Å². The van der Waals surface area contributed by atoms with Crippen molar-refractivity contribution in [2.75, 3.05) is 45.8 Å². The number of likely N-dealkylation sites (tertiary alicyclic amines) is 1. The van der Waals surface area contributed by atoms with Crippen molar-refractivity contribution in [3.8, 4) is 0 Å². The van der Waals surface area contributed by atoms with Crippen molar-refractivity contribution in [1.29, 1.82) is 0 Å². The third kappa shape index (κ3) is 2.35. The van der Waals surface area contributed by atoms with Crippen LogP contribution in [0.25, 0.3) is 0 Å². The second-order valence-electron chi connectivity index (χ2n) is 8.53. The predicted molar refractivity (Wildman–Crippen MR) is 94.5 cm³/mol. The van der Waals surface area contributed by atoms with Crippen LogP contribution in [-0.2, 0) is 0 Å². The fourth-order valence-corrected chi connectivity index (χ4v) is 5.84. The van der Waals surface area contributed by atoms with Gasteiger partial charge in [0.1, 0.15) is 0 Å². The number of fused-ring (bicyclic) bond motifs is 2. The Morgan fingerprint density at radius 1 is 1.17 bits per heavy atom. The molecule has 3 heteroatoms. The van der Waals surface area contributed by atoms with Gasteiger partial charge in [-0.1, -0.05) is 25.2 Å². The van der Waals surface area contributed by atoms with Gasteiger partial charge in [-0.3, -0.25) is 9.80 Å². The summed E-state index contributed by atoms with van der Waals surface area (Å²) >= 11 is 0. The van der Waals surface area contributed by atoms with Crippen molar-refractivity contribution in [2.24, 2.45) is 11.3 Å². The number of nitrogens with zero attached hydrogens (tertiary/aromatic N) is 3. The van der Waals surface area contributed by atoms with Crippen LogP contribution in [0.1, 0.15) is 32.6 Å². The molecule has 3 nitrogen and oxygen atoms in total. The summed E-state index contributed by atoms with van der Waals surface area (Å²) in [7, 11) is 0. The molecule has 3 saturated heterocycles. The zero-order valence-electron chi connectivity index (χ0n) is 14.6. The highest BCUT2D eigenvalue weighted by molar-refractivity contribution is 5.40. The predicted octanol–water partition coefficient (Wildman–Crippen LogP) is 2.36. The molecule has 0 bridgehead atoms. The average Bonchev–Trinajstić information content (AvgIpc) is 2.98. The SMILES string of the molecule is CCN1CC2CC2(C2=CCC(N3CCN4CCCC4C3)C=C2)C1. The Hall–Kier alpha value is -0.640. The van der Waals surface area contributed by atoms with E-state index in [-0.39, 0.29) is 0 Å². The van der Waals surface area contributed by atoms with Gasteiger partial charge in [0.05, 0.1) is 0 Å². The van der Waals surface area contributed by atoms with Crippen LogP contribution in [0.3, 0.4) is 0 Å². The second kappa shape index (κ2) is 5.44. The maximum Gasteiger partial charge on any atom is 0.0317 e. The molecule has 5 aliphatic rings. The van der Waals surface area contributed by atoms with E-state index in [2.05, 4.69) is 39.9 Å². The molecule has 0 amide bonds. The van der Waals surface area contributed by atoms with Gasteiger partial charge in [-0.2, -0.15) is 0 Å². The second-order valence-corrected chi connectivity index (χ2v) is 8.53. The maximum atomic E-state index is 2.76. The largest absolute Gasteiger partial charge is 0.302 e. The van der Waals surface area contributed by atoms with Gasteiger partial charge >= 0.3 is 0 Å². The Balaban J connectivity index is 1.23. The number of rotatable bonds is 3. The number of piperidine rings is 1. The van der Waals surface area contributed by atoms with Crippen LogP contribution in [0.15, 0.2) is 23.8 Å². The minimum atomic E-state index is 0.557. The fourth-order valence-electron chi connectivity index (χ4n) is 5.84. The standard InChI is InChI=1S/C20H31N3/c1-2-21-13-17-12-20(17,15-21)16-5-7-18(8-6-16)23-11-10-22-9-3-4-19(22)14-23/h5-7,17-19H,2-4,8-15H2,1H3. The van der Waals surface area contributed by atoms with Crippen molar-refractivity contribution in [1.82, 2.24) is 14.7 Å². The van der Waals surface area contributed by atoms with Crippen LogP contribution in [0, 0.1) is 11.3 Å². The Bertz CT molecular complexity index is 539. The molecule has 3 heterocycles. The van der Waals surface area contributed by atoms with E-state index in [1.807, 2.05) is 0 Å². The smallest absolute Gasteiger partial charge is 0.0317 e. The van der Waals surface area contributed by atoms with Gasteiger partial charge in [-0.15, -0.1) is 0 Å². The fraction of sp³-hybridized carbons (Fsp3) is 0.800. The molecule has 4 fully saturated rings. The molecule has 4 unspecified atom stereocenters. The molecule has 1 saturated carbocycles. The molecule has 23 heavy (non-hydrogen) atoms. The Kier molecular flexibility index (Phi) is 3.47. The number of allylic oxidation sites excluding steroid dienone is 1. The molecular formula is C20H31N3. The Morgan fingerprint density at radius 3 is 2.87 bits per heavy atom. The molecule has 126 valence electrons. The summed E-state index contributed by atoms with van der Waals surface area (Å²) in [5.74, 6) is 0.955. The molecule has 5 rings (SSSR count). The quantitative estimate of drug-likeness (QED) is 0.792. The third-order valence-corrected chi connectivity index (χ3v) is 7.40. The molecular weight excluding hydrogens is 282 g/mol. The van der Waals surface area contributed by atoms with Crippen molar-refractivity contribution in [3.63, 3.8) is 0 Å². The lowest BCUT2D eigenvalue weighted by Gasteiger charge is -2.41. The van der Waals surface area contributed by atoms with Crippen LogP contribution < -0.4 is 0 Å². The van der Waals surface area contributed by atoms with E-state index in [1.54, 1.807) is 5.57 Å². The molecule has 0 aromatic rings. The third-order valence-electron chi connectivity index (χ3n) is 7.40. The lowest BCUT2D eigenvalue weighted by atomic mass is 9.88. The highest BCUT2D eigenvalue weighted by Crippen LogP contribution is 2.62. The lowest BCUT2D eigenvalue weighted by molar-refractivity contribution is 0.0858. The summed E-state index contributed by atoms with van der Waals surface area (Å²) < 4.78 is 0. The highest BCUT2D eigenvalue weighted by Gasteiger charge is 2.60. The first-order valence-corrected chi connectivity index (χ1v) is 9.88. The molecule has 0 N–H and O–H groups in total. The summed E-state index contributed by atoms with van der Waals surface area (Å²) in [6.45, 7) is 11.4. The minimum Gasteiger partial charge on any atom is -0.302 e. The molecule has 0 spiro atoms. The van der Waals surface area contributed by atoms with Gasteiger partial charge < -0.3 is 4.90 Å². The number of piperazine rings is 1. The molecule has 4 atom stereocenters. The molecule has 2 aliphatic carbocycles. The minimum absolute atomic E-state index is 0.557. The van der Waals surface area contributed by atoms with Gasteiger partial charge in [-0.05, 0) is 50.3 Å². The maximum absolute atomic E-state index is 2.76. The summed E-state index contributed by atoms with van der Waals surface area (Å²) in [6.07, 6.45) is 13.2. The van der Waals surface area contributed by atoms with Crippen LogP contribution in [-0.4, -0.2) is 72.6 Å². The first-order chi connectivity index (χ1) is 11.3. The summed E-state index contributed by atoms with van der Waals surface area (Å²) in [4.78, 5) is 8.12. The van der Waals surface area contributed by atoms with Crippen LogP contribution in [0.2, 0.25) is 0 Å². The number of hydrogen-bond acceptors (Lipinski definition) is 3.